The van der Waals surface area contributed by atoms with Crippen molar-refractivity contribution in [2.75, 3.05) is 14.1 Å². The number of benzene rings is 1. The van der Waals surface area contributed by atoms with Gasteiger partial charge in [0.1, 0.15) is 18.1 Å². The highest BCUT2D eigenvalue weighted by atomic mass is 19.1. The fourth-order valence-electron chi connectivity index (χ4n) is 2.08. The molecule has 7 heteroatoms. The molecule has 0 saturated carbocycles. The van der Waals surface area contributed by atoms with Crippen molar-refractivity contribution in [3.63, 3.8) is 0 Å². The Balaban J connectivity index is 1.88. The lowest BCUT2D eigenvalue weighted by atomic mass is 10.2. The van der Waals surface area contributed by atoms with E-state index in [9.17, 15) is 9.18 Å². The van der Waals surface area contributed by atoms with Crippen LogP contribution in [0.3, 0.4) is 0 Å². The third kappa shape index (κ3) is 3.13. The van der Waals surface area contributed by atoms with E-state index in [4.69, 9.17) is 4.52 Å². The third-order valence-electron chi connectivity index (χ3n) is 3.38. The molecule has 0 unspecified atom stereocenters. The zero-order valence-corrected chi connectivity index (χ0v) is 12.7. The molecule has 118 valence electrons. The summed E-state index contributed by atoms with van der Waals surface area (Å²) in [6, 6.07) is 9.44. The number of likely N-dealkylation sites (N-methyl/N-ethyl adjacent to an activating group) is 1. The molecular weight excluding hydrogens is 299 g/mol. The number of nitrogens with zero attached hydrogens (tertiary/aromatic N) is 4. The largest absolute Gasteiger partial charge is 0.347 e. The number of halogens is 1. The van der Waals surface area contributed by atoms with Crippen LogP contribution in [0.1, 0.15) is 0 Å². The van der Waals surface area contributed by atoms with Crippen LogP contribution >= 0.6 is 0 Å². The van der Waals surface area contributed by atoms with Gasteiger partial charge in [0.25, 0.3) is 5.89 Å². The normalized spacial score (nSPS) is 10.7. The Morgan fingerprint density at radius 2 is 2.00 bits per heavy atom. The minimum absolute atomic E-state index is 0.0410. The van der Waals surface area contributed by atoms with Crippen LogP contribution in [0.2, 0.25) is 0 Å². The van der Waals surface area contributed by atoms with Gasteiger partial charge in [-0.3, -0.25) is 4.79 Å². The summed E-state index contributed by atoms with van der Waals surface area (Å²) in [5.74, 6) is 0.307. The Morgan fingerprint density at radius 1 is 1.26 bits per heavy atom. The molecule has 2 aromatic heterocycles. The Labute approximate surface area is 132 Å². The zero-order valence-electron chi connectivity index (χ0n) is 12.7. The molecule has 0 radical (unpaired) electrons. The molecule has 1 amide bonds. The van der Waals surface area contributed by atoms with Gasteiger partial charge < -0.3 is 14.0 Å². The van der Waals surface area contributed by atoms with Gasteiger partial charge in [0.15, 0.2) is 0 Å². The van der Waals surface area contributed by atoms with Crippen LogP contribution < -0.4 is 0 Å². The van der Waals surface area contributed by atoms with Gasteiger partial charge in [-0.15, -0.1) is 0 Å². The molecule has 3 aromatic rings. The van der Waals surface area contributed by atoms with Crippen LogP contribution in [0.25, 0.3) is 23.0 Å². The van der Waals surface area contributed by atoms with Gasteiger partial charge in [-0.05, 0) is 36.4 Å². The van der Waals surface area contributed by atoms with Crippen molar-refractivity contribution in [2.45, 2.75) is 6.54 Å². The SMILES string of the molecule is CN(C)C(=O)Cn1cccc1-c1nc(-c2ccc(F)cc2)no1. The maximum absolute atomic E-state index is 13.0. The first-order valence-electron chi connectivity index (χ1n) is 7.00. The summed E-state index contributed by atoms with van der Waals surface area (Å²) < 4.78 is 20.0. The van der Waals surface area contributed by atoms with E-state index in [2.05, 4.69) is 10.1 Å². The summed E-state index contributed by atoms with van der Waals surface area (Å²) in [6.07, 6.45) is 1.78. The quantitative estimate of drug-likeness (QED) is 0.742. The summed E-state index contributed by atoms with van der Waals surface area (Å²) in [7, 11) is 3.40. The maximum Gasteiger partial charge on any atom is 0.274 e. The molecule has 6 nitrogen and oxygen atoms in total. The molecular formula is C16H15FN4O2. The highest BCUT2D eigenvalue weighted by Gasteiger charge is 2.16. The summed E-state index contributed by atoms with van der Waals surface area (Å²) in [6.45, 7) is 0.184. The van der Waals surface area contributed by atoms with E-state index >= 15 is 0 Å². The second kappa shape index (κ2) is 6.04. The van der Waals surface area contributed by atoms with Crippen LogP contribution in [0.5, 0.6) is 0 Å². The summed E-state index contributed by atoms with van der Waals surface area (Å²) in [5, 5.41) is 3.91. The lowest BCUT2D eigenvalue weighted by Crippen LogP contribution is -2.26. The van der Waals surface area contributed by atoms with Gasteiger partial charge in [-0.1, -0.05) is 5.16 Å². The fourth-order valence-corrected chi connectivity index (χ4v) is 2.08. The number of carbonyl (C=O) groups is 1. The average Bonchev–Trinajstić information content (AvgIpc) is 3.16. The van der Waals surface area contributed by atoms with Crippen molar-refractivity contribution < 1.29 is 13.7 Å². The number of amides is 1. The predicted molar refractivity (Wildman–Crippen MR) is 81.8 cm³/mol. The van der Waals surface area contributed by atoms with Gasteiger partial charge in [0, 0.05) is 25.9 Å². The molecule has 0 atom stereocenters. The molecule has 0 spiro atoms. The van der Waals surface area contributed by atoms with E-state index in [-0.39, 0.29) is 18.3 Å². The smallest absolute Gasteiger partial charge is 0.274 e. The highest BCUT2D eigenvalue weighted by Crippen LogP contribution is 2.23. The topological polar surface area (TPSA) is 64.2 Å². The van der Waals surface area contributed by atoms with Crippen LogP contribution in [-0.4, -0.2) is 39.6 Å². The first-order chi connectivity index (χ1) is 11.0. The van der Waals surface area contributed by atoms with Crippen LogP contribution in [0, 0.1) is 5.82 Å². The molecule has 0 aliphatic rings. The lowest BCUT2D eigenvalue weighted by Gasteiger charge is -2.11. The van der Waals surface area contributed by atoms with E-state index in [0.717, 1.165) is 0 Å². The number of aromatic nitrogens is 3. The number of rotatable bonds is 4. The van der Waals surface area contributed by atoms with Gasteiger partial charge in [0.2, 0.25) is 11.7 Å². The molecule has 3 rings (SSSR count). The zero-order chi connectivity index (χ0) is 16.4. The highest BCUT2D eigenvalue weighted by molar-refractivity contribution is 5.76. The summed E-state index contributed by atoms with van der Waals surface area (Å²) >= 11 is 0. The van der Waals surface area contributed by atoms with E-state index in [0.29, 0.717) is 23.0 Å². The summed E-state index contributed by atoms with van der Waals surface area (Å²) in [4.78, 5) is 17.7. The molecule has 0 fully saturated rings. The average molecular weight is 314 g/mol. The van der Waals surface area contributed by atoms with Crippen molar-refractivity contribution in [2.24, 2.45) is 0 Å². The molecule has 0 saturated heterocycles. The van der Waals surface area contributed by atoms with Crippen LogP contribution in [0.4, 0.5) is 4.39 Å². The van der Waals surface area contributed by atoms with Crippen LogP contribution in [-0.2, 0) is 11.3 Å². The molecule has 23 heavy (non-hydrogen) atoms. The van der Waals surface area contributed by atoms with Gasteiger partial charge in [-0.2, -0.15) is 4.98 Å². The van der Waals surface area contributed by atoms with E-state index in [1.807, 2.05) is 0 Å². The van der Waals surface area contributed by atoms with Crippen molar-refractivity contribution in [1.82, 2.24) is 19.6 Å². The van der Waals surface area contributed by atoms with E-state index in [1.54, 1.807) is 49.1 Å². The molecule has 1 aromatic carbocycles. The van der Waals surface area contributed by atoms with Gasteiger partial charge in [-0.25, -0.2) is 4.39 Å². The Bertz CT molecular complexity index is 821. The molecule has 0 aliphatic heterocycles. The summed E-state index contributed by atoms with van der Waals surface area (Å²) in [5.41, 5.74) is 1.31. The monoisotopic (exact) mass is 314 g/mol. The third-order valence-corrected chi connectivity index (χ3v) is 3.38. The van der Waals surface area contributed by atoms with Crippen molar-refractivity contribution in [3.8, 4) is 23.0 Å². The number of carbonyl (C=O) groups excluding carboxylic acids is 1. The van der Waals surface area contributed by atoms with E-state index < -0.39 is 0 Å². The standard InChI is InChI=1S/C16H15FN4O2/c1-20(2)14(22)10-21-9-3-4-13(21)16-18-15(19-23-16)11-5-7-12(17)8-6-11/h3-9H,10H2,1-2H3. The van der Waals surface area contributed by atoms with Crippen LogP contribution in [0.15, 0.2) is 47.1 Å². The minimum atomic E-state index is -0.325. The second-order valence-electron chi connectivity index (χ2n) is 5.24. The molecule has 0 aliphatic carbocycles. The first-order valence-corrected chi connectivity index (χ1v) is 7.00. The van der Waals surface area contributed by atoms with Gasteiger partial charge >= 0.3 is 0 Å². The maximum atomic E-state index is 13.0. The first kappa shape index (κ1) is 15.0. The van der Waals surface area contributed by atoms with Crippen molar-refractivity contribution in [3.05, 3.63) is 48.4 Å². The van der Waals surface area contributed by atoms with Crippen molar-refractivity contribution >= 4 is 5.91 Å². The number of hydrogen-bond acceptors (Lipinski definition) is 4. The Hall–Kier alpha value is -2.96. The minimum Gasteiger partial charge on any atom is -0.347 e. The predicted octanol–water partition coefficient (Wildman–Crippen LogP) is 2.43. The molecule has 0 N–H and O–H groups in total. The van der Waals surface area contributed by atoms with E-state index in [1.165, 1.54) is 17.0 Å². The fraction of sp³-hybridized carbons (Fsp3) is 0.188. The second-order valence-corrected chi connectivity index (χ2v) is 5.24. The number of hydrogen-bond donors (Lipinski definition) is 0. The Kier molecular flexibility index (Phi) is 3.92. The Morgan fingerprint density at radius 3 is 2.70 bits per heavy atom. The van der Waals surface area contributed by atoms with Crippen molar-refractivity contribution in [1.29, 1.82) is 0 Å². The molecule has 2 heterocycles. The van der Waals surface area contributed by atoms with Gasteiger partial charge in [0.05, 0.1) is 0 Å². The molecule has 0 bridgehead atoms. The lowest BCUT2D eigenvalue weighted by molar-refractivity contribution is -0.129.